The van der Waals surface area contributed by atoms with Crippen molar-refractivity contribution in [3.05, 3.63) is 97.5 Å². The maximum absolute atomic E-state index is 12.5. The third-order valence-electron chi connectivity index (χ3n) is 4.38. The van der Waals surface area contributed by atoms with E-state index in [0.717, 1.165) is 11.3 Å². The van der Waals surface area contributed by atoms with Gasteiger partial charge in [0.1, 0.15) is 5.75 Å². The van der Waals surface area contributed by atoms with Crippen molar-refractivity contribution in [1.82, 2.24) is 9.99 Å². The standard InChI is InChI=1S/C22H14Cl3N3O2S/c23-15-5-1-13(2-6-15)20-12-31-22(28(20)19-10-7-16(24)11-18(19)25)27-26-21(30)14-3-8-17(29)9-4-14/h1-12,29H,(H,26,30)/b27-22-. The van der Waals surface area contributed by atoms with Crippen LogP contribution in [-0.4, -0.2) is 15.6 Å². The van der Waals surface area contributed by atoms with Gasteiger partial charge in [0.25, 0.3) is 5.91 Å². The van der Waals surface area contributed by atoms with E-state index in [1.54, 1.807) is 30.3 Å². The third-order valence-corrected chi connectivity index (χ3v) is 6.00. The number of rotatable bonds is 4. The van der Waals surface area contributed by atoms with E-state index in [9.17, 15) is 9.90 Å². The van der Waals surface area contributed by atoms with Gasteiger partial charge in [-0.15, -0.1) is 16.4 Å². The van der Waals surface area contributed by atoms with Crippen LogP contribution < -0.4 is 10.2 Å². The van der Waals surface area contributed by atoms with Gasteiger partial charge in [-0.05, 0) is 60.2 Å². The van der Waals surface area contributed by atoms with Gasteiger partial charge in [0, 0.05) is 21.0 Å². The van der Waals surface area contributed by atoms with E-state index in [1.807, 2.05) is 22.1 Å². The van der Waals surface area contributed by atoms with Gasteiger partial charge in [-0.25, -0.2) is 5.43 Å². The zero-order valence-corrected chi connectivity index (χ0v) is 18.8. The number of hydrogen-bond acceptors (Lipinski definition) is 4. The van der Waals surface area contributed by atoms with E-state index in [1.165, 1.54) is 35.6 Å². The van der Waals surface area contributed by atoms with Crippen LogP contribution in [0.15, 0.2) is 77.2 Å². The summed E-state index contributed by atoms with van der Waals surface area (Å²) in [5, 5.41) is 17.2. The molecule has 0 atom stereocenters. The first-order valence-corrected chi connectivity index (χ1v) is 11.0. The molecule has 0 bridgehead atoms. The monoisotopic (exact) mass is 489 g/mol. The Labute approximate surface area is 196 Å². The van der Waals surface area contributed by atoms with Crippen LogP contribution in [0, 0.1) is 0 Å². The molecule has 1 aromatic heterocycles. The number of carbonyl (C=O) groups is 1. The summed E-state index contributed by atoms with van der Waals surface area (Å²) in [5.41, 5.74) is 5.31. The zero-order chi connectivity index (χ0) is 22.0. The molecule has 0 fully saturated rings. The fraction of sp³-hybridized carbons (Fsp3) is 0. The number of aromatic hydroxyl groups is 1. The topological polar surface area (TPSA) is 66.6 Å². The summed E-state index contributed by atoms with van der Waals surface area (Å²) < 4.78 is 1.84. The highest BCUT2D eigenvalue weighted by molar-refractivity contribution is 7.07. The van der Waals surface area contributed by atoms with E-state index in [2.05, 4.69) is 10.5 Å². The van der Waals surface area contributed by atoms with Crippen molar-refractivity contribution in [3.8, 4) is 22.7 Å². The summed E-state index contributed by atoms with van der Waals surface area (Å²) >= 11 is 19.9. The molecule has 1 amide bonds. The highest BCUT2D eigenvalue weighted by Gasteiger charge is 2.14. The van der Waals surface area contributed by atoms with Gasteiger partial charge in [-0.2, -0.15) is 0 Å². The van der Waals surface area contributed by atoms with Crippen molar-refractivity contribution in [2.24, 2.45) is 5.10 Å². The Bertz CT molecular complexity index is 1310. The van der Waals surface area contributed by atoms with Crippen LogP contribution in [0.5, 0.6) is 5.75 Å². The van der Waals surface area contributed by atoms with Crippen molar-refractivity contribution in [2.75, 3.05) is 0 Å². The molecule has 0 saturated carbocycles. The Morgan fingerprint density at radius 3 is 2.29 bits per heavy atom. The van der Waals surface area contributed by atoms with E-state index in [4.69, 9.17) is 34.8 Å². The van der Waals surface area contributed by atoms with E-state index >= 15 is 0 Å². The highest BCUT2D eigenvalue weighted by Crippen LogP contribution is 2.29. The fourth-order valence-electron chi connectivity index (χ4n) is 2.88. The Kier molecular flexibility index (Phi) is 6.34. The molecule has 0 radical (unpaired) electrons. The summed E-state index contributed by atoms with van der Waals surface area (Å²) in [6.45, 7) is 0. The van der Waals surface area contributed by atoms with Gasteiger partial charge in [0.15, 0.2) is 0 Å². The summed E-state index contributed by atoms with van der Waals surface area (Å²) in [4.78, 5) is 13.0. The molecule has 0 spiro atoms. The lowest BCUT2D eigenvalue weighted by molar-refractivity contribution is 0.0953. The van der Waals surface area contributed by atoms with Gasteiger partial charge >= 0.3 is 0 Å². The molecule has 0 aliphatic carbocycles. The number of carbonyl (C=O) groups excluding carboxylic acids is 1. The SMILES string of the molecule is O=C(N/N=c1\scc(-c2ccc(Cl)cc2)n1-c1ccc(Cl)cc1Cl)c1ccc(O)cc1. The number of phenols is 1. The number of amides is 1. The van der Waals surface area contributed by atoms with Crippen LogP contribution in [-0.2, 0) is 0 Å². The van der Waals surface area contributed by atoms with Crippen molar-refractivity contribution in [3.63, 3.8) is 0 Å². The minimum absolute atomic E-state index is 0.0783. The van der Waals surface area contributed by atoms with Crippen LogP contribution in [0.4, 0.5) is 0 Å². The summed E-state index contributed by atoms with van der Waals surface area (Å²) in [7, 11) is 0. The summed E-state index contributed by atoms with van der Waals surface area (Å²) in [6.07, 6.45) is 0. The second kappa shape index (κ2) is 9.16. The average Bonchev–Trinajstić information content (AvgIpc) is 3.16. The molecule has 9 heteroatoms. The maximum atomic E-state index is 12.5. The third kappa shape index (κ3) is 4.78. The van der Waals surface area contributed by atoms with Crippen molar-refractivity contribution < 1.29 is 9.90 Å². The molecular weight excluding hydrogens is 477 g/mol. The fourth-order valence-corrected chi connectivity index (χ4v) is 4.36. The van der Waals surface area contributed by atoms with Gasteiger partial charge in [0.05, 0.1) is 16.4 Å². The minimum Gasteiger partial charge on any atom is -0.508 e. The van der Waals surface area contributed by atoms with E-state index in [-0.39, 0.29) is 5.75 Å². The number of halogens is 3. The largest absolute Gasteiger partial charge is 0.508 e. The number of aromatic nitrogens is 1. The molecule has 0 aliphatic rings. The van der Waals surface area contributed by atoms with Crippen LogP contribution in [0.25, 0.3) is 16.9 Å². The lowest BCUT2D eigenvalue weighted by Crippen LogP contribution is -2.24. The summed E-state index contributed by atoms with van der Waals surface area (Å²) in [6, 6.07) is 18.4. The van der Waals surface area contributed by atoms with Crippen LogP contribution in [0.2, 0.25) is 15.1 Å². The number of nitrogens with zero attached hydrogens (tertiary/aromatic N) is 2. The number of nitrogens with one attached hydrogen (secondary N) is 1. The molecule has 156 valence electrons. The van der Waals surface area contributed by atoms with Gasteiger partial charge < -0.3 is 5.11 Å². The van der Waals surface area contributed by atoms with Crippen molar-refractivity contribution in [1.29, 1.82) is 0 Å². The second-order valence-electron chi connectivity index (χ2n) is 6.44. The molecule has 0 aliphatic heterocycles. The molecule has 31 heavy (non-hydrogen) atoms. The number of benzene rings is 3. The maximum Gasteiger partial charge on any atom is 0.271 e. The number of hydrogen-bond donors (Lipinski definition) is 2. The van der Waals surface area contributed by atoms with Crippen molar-refractivity contribution >= 4 is 52.0 Å². The lowest BCUT2D eigenvalue weighted by Gasteiger charge is -2.11. The molecule has 5 nitrogen and oxygen atoms in total. The van der Waals surface area contributed by atoms with Gasteiger partial charge in [-0.3, -0.25) is 9.36 Å². The molecule has 4 aromatic rings. The highest BCUT2D eigenvalue weighted by atomic mass is 35.5. The summed E-state index contributed by atoms with van der Waals surface area (Å²) in [5.74, 6) is -0.329. The molecule has 0 unspecified atom stereocenters. The smallest absolute Gasteiger partial charge is 0.271 e. The first-order chi connectivity index (χ1) is 14.9. The van der Waals surface area contributed by atoms with E-state index in [0.29, 0.717) is 31.1 Å². The first-order valence-electron chi connectivity index (χ1n) is 8.97. The Balaban J connectivity index is 1.80. The number of phenolic OH excluding ortho intramolecular Hbond substituents is 1. The van der Waals surface area contributed by atoms with Gasteiger partial charge in [-0.1, -0.05) is 46.9 Å². The number of thiazole rings is 1. The van der Waals surface area contributed by atoms with E-state index < -0.39 is 5.91 Å². The molecule has 0 saturated heterocycles. The Morgan fingerprint density at radius 1 is 0.935 bits per heavy atom. The lowest BCUT2D eigenvalue weighted by atomic mass is 10.1. The molecule has 4 rings (SSSR count). The van der Waals surface area contributed by atoms with Crippen molar-refractivity contribution in [2.45, 2.75) is 0 Å². The Morgan fingerprint density at radius 2 is 1.61 bits per heavy atom. The average molecular weight is 491 g/mol. The predicted molar refractivity (Wildman–Crippen MR) is 125 cm³/mol. The zero-order valence-electron chi connectivity index (χ0n) is 15.7. The second-order valence-corrected chi connectivity index (χ2v) is 8.56. The quantitative estimate of drug-likeness (QED) is 0.339. The molecule has 3 aromatic carbocycles. The predicted octanol–water partition coefficient (Wildman–Crippen LogP) is 6.12. The Hall–Kier alpha value is -2.77. The minimum atomic E-state index is -0.407. The van der Waals surface area contributed by atoms with Gasteiger partial charge in [0.2, 0.25) is 4.80 Å². The molecule has 2 N–H and O–H groups in total. The first kappa shape index (κ1) is 21.5. The van der Waals surface area contributed by atoms with Crippen LogP contribution in [0.1, 0.15) is 10.4 Å². The van der Waals surface area contributed by atoms with Crippen LogP contribution in [0.3, 0.4) is 0 Å². The van der Waals surface area contributed by atoms with Crippen LogP contribution >= 0.6 is 46.1 Å². The molecular formula is C22H14Cl3N3O2S. The molecule has 1 heterocycles. The normalized spacial score (nSPS) is 11.5.